The van der Waals surface area contributed by atoms with E-state index in [1.807, 2.05) is 0 Å². The van der Waals surface area contributed by atoms with Crippen molar-refractivity contribution in [3.63, 3.8) is 0 Å². The predicted octanol–water partition coefficient (Wildman–Crippen LogP) is 3.10. The SMILES string of the molecule is CCc1c(C)ncnc1CC(C)(C)I. The highest BCUT2D eigenvalue weighted by atomic mass is 127. The number of hydrogen-bond acceptors (Lipinski definition) is 2. The van der Waals surface area contributed by atoms with Crippen molar-refractivity contribution in [1.82, 2.24) is 9.97 Å². The number of rotatable bonds is 3. The van der Waals surface area contributed by atoms with Gasteiger partial charge >= 0.3 is 0 Å². The molecule has 1 heterocycles. The summed E-state index contributed by atoms with van der Waals surface area (Å²) < 4.78 is 0.266. The smallest absolute Gasteiger partial charge is 0.115 e. The minimum atomic E-state index is 0.266. The van der Waals surface area contributed by atoms with E-state index in [0.29, 0.717) is 0 Å². The number of hydrogen-bond donors (Lipinski definition) is 0. The van der Waals surface area contributed by atoms with Crippen LogP contribution in [0.1, 0.15) is 37.7 Å². The van der Waals surface area contributed by atoms with Crippen molar-refractivity contribution in [3.8, 4) is 0 Å². The summed E-state index contributed by atoms with van der Waals surface area (Å²) in [6.45, 7) is 8.68. The lowest BCUT2D eigenvalue weighted by Gasteiger charge is -2.17. The zero-order valence-electron chi connectivity index (χ0n) is 9.26. The Bertz CT molecular complexity index is 316. The van der Waals surface area contributed by atoms with Crippen LogP contribution in [-0.4, -0.2) is 13.4 Å². The Morgan fingerprint density at radius 3 is 2.50 bits per heavy atom. The molecule has 0 unspecified atom stereocenters. The maximum absolute atomic E-state index is 4.38. The Labute approximate surface area is 99.7 Å². The Kier molecular flexibility index (Phi) is 3.86. The molecular weight excluding hydrogens is 287 g/mol. The van der Waals surface area contributed by atoms with E-state index in [4.69, 9.17) is 0 Å². The fourth-order valence-electron chi connectivity index (χ4n) is 1.56. The fourth-order valence-corrected chi connectivity index (χ4v) is 1.92. The molecule has 0 aliphatic carbocycles. The van der Waals surface area contributed by atoms with Crippen molar-refractivity contribution in [3.05, 3.63) is 23.3 Å². The maximum atomic E-state index is 4.38. The molecule has 0 saturated carbocycles. The third-order valence-electron chi connectivity index (χ3n) is 2.19. The van der Waals surface area contributed by atoms with Gasteiger partial charge in [-0.1, -0.05) is 43.4 Å². The van der Waals surface area contributed by atoms with Crippen molar-refractivity contribution in [2.24, 2.45) is 0 Å². The summed E-state index contributed by atoms with van der Waals surface area (Å²) in [5.41, 5.74) is 3.65. The summed E-state index contributed by atoms with van der Waals surface area (Å²) in [5, 5.41) is 0. The highest BCUT2D eigenvalue weighted by Crippen LogP contribution is 2.24. The van der Waals surface area contributed by atoms with Gasteiger partial charge in [0, 0.05) is 21.2 Å². The number of aromatic nitrogens is 2. The Balaban J connectivity index is 3.02. The first-order valence-corrected chi connectivity index (χ1v) is 6.00. The highest BCUT2D eigenvalue weighted by molar-refractivity contribution is 14.1. The van der Waals surface area contributed by atoms with Crippen LogP contribution < -0.4 is 0 Å². The van der Waals surface area contributed by atoms with E-state index < -0.39 is 0 Å². The molecule has 3 heteroatoms. The van der Waals surface area contributed by atoms with Gasteiger partial charge in [0.15, 0.2) is 0 Å². The summed E-state index contributed by atoms with van der Waals surface area (Å²) in [7, 11) is 0. The molecule has 0 fully saturated rings. The summed E-state index contributed by atoms with van der Waals surface area (Å²) in [4.78, 5) is 8.61. The van der Waals surface area contributed by atoms with Crippen molar-refractivity contribution in [2.45, 2.75) is 44.0 Å². The molecule has 14 heavy (non-hydrogen) atoms. The third-order valence-corrected chi connectivity index (χ3v) is 2.57. The molecule has 0 spiro atoms. The largest absolute Gasteiger partial charge is 0.241 e. The molecule has 0 amide bonds. The number of nitrogens with zero attached hydrogens (tertiary/aromatic N) is 2. The van der Waals surface area contributed by atoms with Gasteiger partial charge in [-0.2, -0.15) is 0 Å². The van der Waals surface area contributed by atoms with Gasteiger partial charge in [-0.05, 0) is 18.9 Å². The summed E-state index contributed by atoms with van der Waals surface area (Å²) >= 11 is 2.46. The van der Waals surface area contributed by atoms with Crippen LogP contribution in [0.3, 0.4) is 0 Å². The van der Waals surface area contributed by atoms with Gasteiger partial charge in [0.2, 0.25) is 0 Å². The predicted molar refractivity (Wildman–Crippen MR) is 68.0 cm³/mol. The van der Waals surface area contributed by atoms with Crippen LogP contribution in [0.2, 0.25) is 0 Å². The Morgan fingerprint density at radius 1 is 1.36 bits per heavy atom. The molecule has 1 aromatic rings. The van der Waals surface area contributed by atoms with Gasteiger partial charge in [-0.15, -0.1) is 0 Å². The van der Waals surface area contributed by atoms with Crippen molar-refractivity contribution >= 4 is 22.6 Å². The van der Waals surface area contributed by atoms with Crippen molar-refractivity contribution in [1.29, 1.82) is 0 Å². The minimum absolute atomic E-state index is 0.266. The second-order valence-electron chi connectivity index (χ2n) is 4.13. The zero-order chi connectivity index (χ0) is 10.8. The van der Waals surface area contributed by atoms with Crippen LogP contribution in [-0.2, 0) is 12.8 Å². The van der Waals surface area contributed by atoms with Gasteiger partial charge in [0.05, 0.1) is 0 Å². The normalized spacial score (nSPS) is 11.8. The van der Waals surface area contributed by atoms with Crippen LogP contribution in [0.4, 0.5) is 0 Å². The van der Waals surface area contributed by atoms with Crippen LogP contribution in [0, 0.1) is 6.92 Å². The first-order valence-electron chi connectivity index (χ1n) is 4.92. The average molecular weight is 304 g/mol. The van der Waals surface area contributed by atoms with Gasteiger partial charge < -0.3 is 0 Å². The molecule has 0 aromatic carbocycles. The summed E-state index contributed by atoms with van der Waals surface area (Å²) in [6.07, 6.45) is 3.71. The molecule has 0 saturated heterocycles. The summed E-state index contributed by atoms with van der Waals surface area (Å²) in [5.74, 6) is 0. The number of aryl methyl sites for hydroxylation is 1. The van der Waals surface area contributed by atoms with Gasteiger partial charge in [-0.25, -0.2) is 9.97 Å². The Morgan fingerprint density at radius 2 is 2.00 bits per heavy atom. The molecule has 0 aliphatic rings. The molecule has 0 atom stereocenters. The molecular formula is C11H17IN2. The summed E-state index contributed by atoms with van der Waals surface area (Å²) in [6, 6.07) is 0. The lowest BCUT2D eigenvalue weighted by Crippen LogP contribution is -2.16. The van der Waals surface area contributed by atoms with Gasteiger partial charge in [0.25, 0.3) is 0 Å². The Hall–Kier alpha value is -0.190. The standard InChI is InChI=1S/C11H17IN2/c1-5-9-8(2)13-7-14-10(9)6-11(3,4)12/h7H,5-6H2,1-4H3. The van der Waals surface area contributed by atoms with E-state index in [-0.39, 0.29) is 3.42 Å². The molecule has 0 N–H and O–H groups in total. The van der Waals surface area contributed by atoms with Gasteiger partial charge in [0.1, 0.15) is 6.33 Å². The van der Waals surface area contributed by atoms with Crippen LogP contribution in [0.15, 0.2) is 6.33 Å². The molecule has 78 valence electrons. The number of alkyl halides is 1. The van der Waals surface area contributed by atoms with E-state index >= 15 is 0 Å². The van der Waals surface area contributed by atoms with Crippen molar-refractivity contribution < 1.29 is 0 Å². The molecule has 1 rings (SSSR count). The van der Waals surface area contributed by atoms with E-state index in [1.54, 1.807) is 6.33 Å². The third kappa shape index (κ3) is 3.19. The van der Waals surface area contributed by atoms with E-state index in [1.165, 1.54) is 11.3 Å². The topological polar surface area (TPSA) is 25.8 Å². The van der Waals surface area contributed by atoms with Crippen LogP contribution in [0.5, 0.6) is 0 Å². The molecule has 0 aliphatic heterocycles. The lowest BCUT2D eigenvalue weighted by atomic mass is 10.0. The first-order chi connectivity index (χ1) is 6.44. The number of halogens is 1. The monoisotopic (exact) mass is 304 g/mol. The molecule has 2 nitrogen and oxygen atoms in total. The average Bonchev–Trinajstić information content (AvgIpc) is 2.01. The molecule has 0 bridgehead atoms. The van der Waals surface area contributed by atoms with Gasteiger partial charge in [-0.3, -0.25) is 0 Å². The minimum Gasteiger partial charge on any atom is -0.241 e. The quantitative estimate of drug-likeness (QED) is 0.633. The zero-order valence-corrected chi connectivity index (χ0v) is 11.4. The van der Waals surface area contributed by atoms with E-state index in [9.17, 15) is 0 Å². The highest BCUT2D eigenvalue weighted by Gasteiger charge is 2.17. The van der Waals surface area contributed by atoms with Crippen LogP contribution >= 0.6 is 22.6 Å². The van der Waals surface area contributed by atoms with E-state index in [2.05, 4.69) is 60.3 Å². The second-order valence-corrected chi connectivity index (χ2v) is 7.05. The lowest BCUT2D eigenvalue weighted by molar-refractivity contribution is 0.712. The maximum Gasteiger partial charge on any atom is 0.115 e. The first kappa shape index (κ1) is 11.9. The molecule has 1 aromatic heterocycles. The second kappa shape index (κ2) is 4.55. The molecule has 0 radical (unpaired) electrons. The van der Waals surface area contributed by atoms with Crippen LogP contribution in [0.25, 0.3) is 0 Å². The van der Waals surface area contributed by atoms with Crippen molar-refractivity contribution in [2.75, 3.05) is 0 Å². The fraction of sp³-hybridized carbons (Fsp3) is 0.636. The van der Waals surface area contributed by atoms with E-state index in [0.717, 1.165) is 18.5 Å².